The van der Waals surface area contributed by atoms with Crippen molar-refractivity contribution in [1.82, 2.24) is 0 Å². The molecule has 0 fully saturated rings. The summed E-state index contributed by atoms with van der Waals surface area (Å²) in [5.41, 5.74) is 5.99. The number of carbonyl (C=O) groups is 1. The van der Waals surface area contributed by atoms with Crippen LogP contribution in [0.15, 0.2) is 35.9 Å². The number of hydrogen-bond donors (Lipinski definition) is 0. The molecule has 0 N–H and O–H groups in total. The molecule has 118 valence electrons. The van der Waals surface area contributed by atoms with Crippen molar-refractivity contribution in [3.63, 3.8) is 0 Å². The highest BCUT2D eigenvalue weighted by molar-refractivity contribution is 6.00. The smallest absolute Gasteiger partial charge is 0.160 e. The van der Waals surface area contributed by atoms with Crippen LogP contribution >= 0.6 is 0 Å². The standard InChI is InChI=1S/C21H28O/c1-14(22)19-13-17(21(5,6)7)10-11-18(19)15-8-9-16(12-15)20(2,3)4/h9-13H,8H2,1-7H3. The SMILES string of the molecule is CC(=O)c1cc(C(C)(C)C)ccc1C1=CC(C(C)(C)C)=CC1. The Morgan fingerprint density at radius 2 is 1.64 bits per heavy atom. The number of allylic oxidation sites excluding steroid dienone is 4. The lowest BCUT2D eigenvalue weighted by Crippen LogP contribution is -2.13. The molecule has 0 radical (unpaired) electrons. The Balaban J connectivity index is 2.48. The summed E-state index contributed by atoms with van der Waals surface area (Å²) in [5.74, 6) is 0.145. The van der Waals surface area contributed by atoms with Crippen molar-refractivity contribution in [2.75, 3.05) is 0 Å². The molecule has 2 rings (SSSR count). The summed E-state index contributed by atoms with van der Waals surface area (Å²) in [6, 6.07) is 6.37. The zero-order valence-electron chi connectivity index (χ0n) is 15.0. The average molecular weight is 296 g/mol. The molecule has 0 unspecified atom stereocenters. The van der Waals surface area contributed by atoms with Gasteiger partial charge in [-0.3, -0.25) is 4.79 Å². The number of carbonyl (C=O) groups excluding carboxylic acids is 1. The Hall–Kier alpha value is -1.63. The van der Waals surface area contributed by atoms with E-state index in [1.807, 2.05) is 0 Å². The van der Waals surface area contributed by atoms with E-state index in [0.29, 0.717) is 0 Å². The molecule has 0 atom stereocenters. The van der Waals surface area contributed by atoms with Gasteiger partial charge in [-0.15, -0.1) is 0 Å². The van der Waals surface area contributed by atoms with Crippen LogP contribution < -0.4 is 0 Å². The third kappa shape index (κ3) is 3.40. The maximum absolute atomic E-state index is 12.1. The van der Waals surface area contributed by atoms with Crippen LogP contribution in [0.25, 0.3) is 5.57 Å². The minimum Gasteiger partial charge on any atom is -0.294 e. The zero-order chi connectivity index (χ0) is 16.7. The van der Waals surface area contributed by atoms with E-state index < -0.39 is 0 Å². The predicted molar refractivity (Wildman–Crippen MR) is 95.3 cm³/mol. The van der Waals surface area contributed by atoms with Crippen LogP contribution in [-0.2, 0) is 5.41 Å². The fourth-order valence-corrected chi connectivity index (χ4v) is 2.82. The van der Waals surface area contributed by atoms with Gasteiger partial charge in [-0.05, 0) is 52.5 Å². The molecule has 1 aromatic rings. The van der Waals surface area contributed by atoms with Gasteiger partial charge in [0.1, 0.15) is 0 Å². The summed E-state index contributed by atoms with van der Waals surface area (Å²) in [6.07, 6.45) is 5.47. The molecule has 22 heavy (non-hydrogen) atoms. The lowest BCUT2D eigenvalue weighted by molar-refractivity contribution is 0.101. The van der Waals surface area contributed by atoms with Gasteiger partial charge in [-0.2, -0.15) is 0 Å². The molecular formula is C21H28O. The normalized spacial score (nSPS) is 15.6. The van der Waals surface area contributed by atoms with E-state index in [4.69, 9.17) is 0 Å². The van der Waals surface area contributed by atoms with Gasteiger partial charge in [0, 0.05) is 5.56 Å². The number of Topliss-reactive ketones (excluding diaryl/α,β-unsaturated/α-hetero) is 1. The fraction of sp³-hybridized carbons (Fsp3) is 0.476. The molecule has 0 saturated carbocycles. The summed E-state index contributed by atoms with van der Waals surface area (Å²) in [5, 5.41) is 0. The maximum Gasteiger partial charge on any atom is 0.160 e. The van der Waals surface area contributed by atoms with Crippen LogP contribution in [0.5, 0.6) is 0 Å². The molecule has 1 nitrogen and oxygen atoms in total. The predicted octanol–water partition coefficient (Wildman–Crippen LogP) is 5.95. The van der Waals surface area contributed by atoms with Crippen molar-refractivity contribution in [3.05, 3.63) is 52.6 Å². The summed E-state index contributed by atoms with van der Waals surface area (Å²) in [4.78, 5) is 12.1. The lowest BCUT2D eigenvalue weighted by Gasteiger charge is -2.21. The van der Waals surface area contributed by atoms with Crippen molar-refractivity contribution in [1.29, 1.82) is 0 Å². The summed E-state index contributed by atoms with van der Waals surface area (Å²) < 4.78 is 0. The van der Waals surface area contributed by atoms with Gasteiger partial charge in [0.15, 0.2) is 5.78 Å². The number of benzene rings is 1. The molecule has 0 aliphatic heterocycles. The van der Waals surface area contributed by atoms with Crippen LogP contribution in [0.1, 0.15) is 76.4 Å². The third-order valence-electron chi connectivity index (χ3n) is 4.35. The zero-order valence-corrected chi connectivity index (χ0v) is 15.0. The first kappa shape index (κ1) is 16.7. The Kier molecular flexibility index (Phi) is 4.21. The average Bonchev–Trinajstić information content (AvgIpc) is 2.86. The van der Waals surface area contributed by atoms with Crippen molar-refractivity contribution >= 4 is 11.4 Å². The Morgan fingerprint density at radius 3 is 2.09 bits per heavy atom. The first-order chi connectivity index (χ1) is 10.00. The first-order valence-corrected chi connectivity index (χ1v) is 8.07. The summed E-state index contributed by atoms with van der Waals surface area (Å²) >= 11 is 0. The van der Waals surface area contributed by atoms with E-state index >= 15 is 0 Å². The van der Waals surface area contributed by atoms with E-state index in [0.717, 1.165) is 17.5 Å². The highest BCUT2D eigenvalue weighted by atomic mass is 16.1. The second-order valence-electron chi connectivity index (χ2n) is 8.35. The number of ketones is 1. The second-order valence-corrected chi connectivity index (χ2v) is 8.35. The molecule has 1 aromatic carbocycles. The summed E-state index contributed by atoms with van der Waals surface area (Å²) in [6.45, 7) is 14.9. The molecule has 0 heterocycles. The van der Waals surface area contributed by atoms with Crippen molar-refractivity contribution in [2.45, 2.75) is 60.3 Å². The van der Waals surface area contributed by atoms with Crippen LogP contribution in [-0.4, -0.2) is 5.78 Å². The first-order valence-electron chi connectivity index (χ1n) is 8.07. The largest absolute Gasteiger partial charge is 0.294 e. The Morgan fingerprint density at radius 1 is 1.00 bits per heavy atom. The molecule has 1 heteroatoms. The quantitative estimate of drug-likeness (QED) is 0.617. The van der Waals surface area contributed by atoms with Gasteiger partial charge in [0.2, 0.25) is 0 Å². The van der Waals surface area contributed by atoms with Crippen LogP contribution in [0.2, 0.25) is 0 Å². The topological polar surface area (TPSA) is 17.1 Å². The van der Waals surface area contributed by atoms with Crippen molar-refractivity contribution in [2.24, 2.45) is 5.41 Å². The summed E-state index contributed by atoms with van der Waals surface area (Å²) in [7, 11) is 0. The van der Waals surface area contributed by atoms with Crippen LogP contribution in [0, 0.1) is 5.41 Å². The number of rotatable bonds is 2. The Bertz CT molecular complexity index is 658. The van der Waals surface area contributed by atoms with E-state index in [9.17, 15) is 4.79 Å². The van der Waals surface area contributed by atoms with E-state index in [-0.39, 0.29) is 16.6 Å². The molecular weight excluding hydrogens is 268 g/mol. The van der Waals surface area contributed by atoms with E-state index in [1.54, 1.807) is 6.92 Å². The second kappa shape index (κ2) is 5.53. The van der Waals surface area contributed by atoms with Crippen LogP contribution in [0.4, 0.5) is 0 Å². The highest BCUT2D eigenvalue weighted by Crippen LogP contribution is 2.38. The fourth-order valence-electron chi connectivity index (χ4n) is 2.82. The molecule has 0 aromatic heterocycles. The molecule has 0 saturated heterocycles. The molecule has 1 aliphatic rings. The minimum absolute atomic E-state index is 0.0571. The third-order valence-corrected chi connectivity index (χ3v) is 4.35. The van der Waals surface area contributed by atoms with E-state index in [2.05, 4.69) is 71.9 Å². The van der Waals surface area contributed by atoms with Gasteiger partial charge in [0.05, 0.1) is 0 Å². The van der Waals surface area contributed by atoms with Crippen molar-refractivity contribution < 1.29 is 4.79 Å². The maximum atomic E-state index is 12.1. The van der Waals surface area contributed by atoms with Gasteiger partial charge >= 0.3 is 0 Å². The number of hydrogen-bond acceptors (Lipinski definition) is 1. The molecule has 0 amide bonds. The highest BCUT2D eigenvalue weighted by Gasteiger charge is 2.23. The van der Waals surface area contributed by atoms with Gasteiger partial charge in [-0.1, -0.05) is 65.8 Å². The minimum atomic E-state index is 0.0571. The monoisotopic (exact) mass is 296 g/mol. The van der Waals surface area contributed by atoms with Gasteiger partial charge in [0.25, 0.3) is 0 Å². The lowest BCUT2D eigenvalue weighted by atomic mass is 9.83. The van der Waals surface area contributed by atoms with E-state index in [1.165, 1.54) is 16.7 Å². The van der Waals surface area contributed by atoms with Gasteiger partial charge < -0.3 is 0 Å². The van der Waals surface area contributed by atoms with Crippen LogP contribution in [0.3, 0.4) is 0 Å². The van der Waals surface area contributed by atoms with Crippen molar-refractivity contribution in [3.8, 4) is 0 Å². The Labute approximate surface area is 135 Å². The van der Waals surface area contributed by atoms with Gasteiger partial charge in [-0.25, -0.2) is 0 Å². The molecule has 0 spiro atoms. The molecule has 0 bridgehead atoms. The molecule has 1 aliphatic carbocycles.